The van der Waals surface area contributed by atoms with E-state index in [1.165, 1.54) is 0 Å². The van der Waals surface area contributed by atoms with Crippen molar-refractivity contribution >= 4 is 22.8 Å². The van der Waals surface area contributed by atoms with E-state index in [-0.39, 0.29) is 18.4 Å². The maximum atomic E-state index is 13.1. The lowest BCUT2D eigenvalue weighted by Gasteiger charge is -2.39. The van der Waals surface area contributed by atoms with E-state index in [2.05, 4.69) is 10.3 Å². The summed E-state index contributed by atoms with van der Waals surface area (Å²) in [7, 11) is 0. The molecular weight excluding hydrogens is 334 g/mol. The first kappa shape index (κ1) is 17.0. The number of fused-ring (bicyclic) bond motifs is 1. The molecule has 4 rings (SSSR count). The Morgan fingerprint density at radius 2 is 1.96 bits per heavy atom. The molecule has 2 aromatic rings. The summed E-state index contributed by atoms with van der Waals surface area (Å²) in [6, 6.07) is 7.55. The summed E-state index contributed by atoms with van der Waals surface area (Å²) in [6.07, 6.45) is 1.52. The van der Waals surface area contributed by atoms with Crippen LogP contribution in [0.1, 0.15) is 19.8 Å². The zero-order valence-corrected chi connectivity index (χ0v) is 14.9. The Balaban J connectivity index is 1.53. The fourth-order valence-electron chi connectivity index (χ4n) is 3.94. The number of carbonyl (C=O) groups excluding carboxylic acids is 2. The number of rotatable bonds is 3. The number of para-hydroxylation sites is 1. The van der Waals surface area contributed by atoms with E-state index in [0.29, 0.717) is 39.3 Å². The van der Waals surface area contributed by atoms with E-state index in [9.17, 15) is 9.59 Å². The van der Waals surface area contributed by atoms with Crippen LogP contribution in [0, 0.1) is 0 Å². The molecule has 2 aliphatic heterocycles. The van der Waals surface area contributed by atoms with Crippen molar-refractivity contribution in [2.24, 2.45) is 0 Å². The lowest BCUT2D eigenvalue weighted by Crippen LogP contribution is -2.58. The molecule has 1 aromatic heterocycles. The molecule has 0 saturated carbocycles. The first-order valence-electron chi connectivity index (χ1n) is 9.05. The van der Waals surface area contributed by atoms with Gasteiger partial charge in [0.15, 0.2) is 0 Å². The van der Waals surface area contributed by atoms with Crippen LogP contribution in [-0.2, 0) is 20.9 Å². The number of carbonyl (C=O) groups is 2. The van der Waals surface area contributed by atoms with Gasteiger partial charge in [0.05, 0.1) is 18.7 Å². The molecule has 26 heavy (non-hydrogen) atoms. The van der Waals surface area contributed by atoms with Crippen LogP contribution in [-0.4, -0.2) is 75.0 Å². The van der Waals surface area contributed by atoms with Crippen LogP contribution in [0.5, 0.6) is 0 Å². The second-order valence-electron chi connectivity index (χ2n) is 7.06. The number of ether oxygens (including phenoxy) is 1. The number of hydrogen-bond donors (Lipinski definition) is 0. The molecule has 2 aliphatic rings. The third-order valence-electron chi connectivity index (χ3n) is 5.41. The van der Waals surface area contributed by atoms with Gasteiger partial charge < -0.3 is 14.5 Å². The van der Waals surface area contributed by atoms with Crippen LogP contribution >= 0.6 is 0 Å². The van der Waals surface area contributed by atoms with Gasteiger partial charge >= 0.3 is 0 Å². The maximum Gasteiger partial charge on any atom is 0.248 e. The van der Waals surface area contributed by atoms with Gasteiger partial charge in [-0.15, -0.1) is 5.10 Å². The van der Waals surface area contributed by atoms with Gasteiger partial charge in [0.2, 0.25) is 11.8 Å². The van der Waals surface area contributed by atoms with E-state index < -0.39 is 5.54 Å². The predicted octanol–water partition coefficient (Wildman–Crippen LogP) is 0.671. The third-order valence-corrected chi connectivity index (χ3v) is 5.41. The molecule has 2 fully saturated rings. The van der Waals surface area contributed by atoms with Gasteiger partial charge in [-0.2, -0.15) is 0 Å². The summed E-state index contributed by atoms with van der Waals surface area (Å²) in [5.74, 6) is -0.0719. The summed E-state index contributed by atoms with van der Waals surface area (Å²) < 4.78 is 6.94. The lowest BCUT2D eigenvalue weighted by atomic mass is 9.96. The first-order valence-corrected chi connectivity index (χ1v) is 9.05. The van der Waals surface area contributed by atoms with Crippen LogP contribution in [0.4, 0.5) is 0 Å². The van der Waals surface area contributed by atoms with E-state index in [1.807, 2.05) is 36.1 Å². The van der Waals surface area contributed by atoms with Crippen LogP contribution in [0.15, 0.2) is 24.3 Å². The number of amides is 2. The van der Waals surface area contributed by atoms with Gasteiger partial charge in [-0.05, 0) is 31.9 Å². The van der Waals surface area contributed by atoms with Crippen LogP contribution in [0.25, 0.3) is 11.0 Å². The van der Waals surface area contributed by atoms with Crippen molar-refractivity contribution in [3.05, 3.63) is 24.3 Å². The smallest absolute Gasteiger partial charge is 0.248 e. The highest BCUT2D eigenvalue weighted by Gasteiger charge is 2.47. The average Bonchev–Trinajstić information content (AvgIpc) is 3.26. The molecule has 2 amide bonds. The summed E-state index contributed by atoms with van der Waals surface area (Å²) in [5, 5.41) is 8.19. The zero-order chi connectivity index (χ0) is 18.1. The van der Waals surface area contributed by atoms with E-state index in [1.54, 1.807) is 9.58 Å². The van der Waals surface area contributed by atoms with E-state index >= 15 is 0 Å². The minimum atomic E-state index is -0.787. The molecule has 3 heterocycles. The van der Waals surface area contributed by atoms with Crippen molar-refractivity contribution in [2.45, 2.75) is 31.8 Å². The number of likely N-dealkylation sites (tertiary alicyclic amines) is 1. The molecule has 138 valence electrons. The Hall–Kier alpha value is -2.48. The van der Waals surface area contributed by atoms with Gasteiger partial charge in [-0.1, -0.05) is 17.3 Å². The molecule has 0 unspecified atom stereocenters. The van der Waals surface area contributed by atoms with Crippen LogP contribution in [0.2, 0.25) is 0 Å². The van der Waals surface area contributed by atoms with Crippen molar-refractivity contribution in [3.8, 4) is 0 Å². The van der Waals surface area contributed by atoms with Crippen molar-refractivity contribution in [3.63, 3.8) is 0 Å². The Labute approximate surface area is 151 Å². The first-order chi connectivity index (χ1) is 12.6. The number of aromatic nitrogens is 3. The molecule has 0 aliphatic carbocycles. The minimum Gasteiger partial charge on any atom is -0.378 e. The monoisotopic (exact) mass is 357 g/mol. The largest absolute Gasteiger partial charge is 0.378 e. The number of hydrogen-bond acceptors (Lipinski definition) is 5. The number of nitrogens with zero attached hydrogens (tertiary/aromatic N) is 5. The quantitative estimate of drug-likeness (QED) is 0.807. The van der Waals surface area contributed by atoms with Crippen molar-refractivity contribution in [1.82, 2.24) is 24.8 Å². The Bertz CT molecular complexity index is 829. The lowest BCUT2D eigenvalue weighted by molar-refractivity contribution is -0.153. The minimum absolute atomic E-state index is 0.0232. The number of benzene rings is 1. The molecular formula is C18H23N5O3. The highest BCUT2D eigenvalue weighted by atomic mass is 16.5. The molecule has 1 aromatic carbocycles. The Kier molecular flexibility index (Phi) is 4.36. The Morgan fingerprint density at radius 3 is 2.77 bits per heavy atom. The Morgan fingerprint density at radius 1 is 1.19 bits per heavy atom. The maximum absolute atomic E-state index is 13.1. The summed E-state index contributed by atoms with van der Waals surface area (Å²) in [4.78, 5) is 29.6. The highest BCUT2D eigenvalue weighted by Crippen LogP contribution is 2.31. The van der Waals surface area contributed by atoms with Crippen LogP contribution in [0.3, 0.4) is 0 Å². The molecule has 0 N–H and O–H groups in total. The predicted molar refractivity (Wildman–Crippen MR) is 94.3 cm³/mol. The fourth-order valence-corrected chi connectivity index (χ4v) is 3.94. The second kappa shape index (κ2) is 6.68. The zero-order valence-electron chi connectivity index (χ0n) is 14.9. The van der Waals surface area contributed by atoms with Gasteiger partial charge in [0.1, 0.15) is 17.6 Å². The highest BCUT2D eigenvalue weighted by molar-refractivity contribution is 5.92. The normalized spacial score (nSPS) is 23.6. The molecule has 1 atom stereocenters. The van der Waals surface area contributed by atoms with Crippen molar-refractivity contribution < 1.29 is 14.3 Å². The number of morpholine rings is 1. The molecule has 8 nitrogen and oxygen atoms in total. The summed E-state index contributed by atoms with van der Waals surface area (Å²) >= 11 is 0. The molecule has 0 spiro atoms. The second-order valence-corrected chi connectivity index (χ2v) is 7.06. The van der Waals surface area contributed by atoms with Gasteiger partial charge in [0, 0.05) is 19.6 Å². The molecule has 2 saturated heterocycles. The summed E-state index contributed by atoms with van der Waals surface area (Å²) in [6.45, 7) is 4.86. The SMILES string of the molecule is C[C@@]1(C(=O)N2CCOCC2)CCCN1C(=O)Cn1nnc2ccccc21. The summed E-state index contributed by atoms with van der Waals surface area (Å²) in [5.41, 5.74) is 0.792. The topological polar surface area (TPSA) is 80.6 Å². The van der Waals surface area contributed by atoms with Gasteiger partial charge in [-0.3, -0.25) is 9.59 Å². The van der Waals surface area contributed by atoms with Gasteiger partial charge in [0.25, 0.3) is 0 Å². The van der Waals surface area contributed by atoms with Gasteiger partial charge in [-0.25, -0.2) is 4.68 Å². The van der Waals surface area contributed by atoms with Crippen molar-refractivity contribution in [1.29, 1.82) is 0 Å². The van der Waals surface area contributed by atoms with E-state index in [0.717, 1.165) is 17.5 Å². The molecule has 8 heteroatoms. The molecule has 0 bridgehead atoms. The molecule has 0 radical (unpaired) electrons. The van der Waals surface area contributed by atoms with Crippen molar-refractivity contribution in [2.75, 3.05) is 32.8 Å². The average molecular weight is 357 g/mol. The van der Waals surface area contributed by atoms with E-state index in [4.69, 9.17) is 4.74 Å². The van der Waals surface area contributed by atoms with Crippen LogP contribution < -0.4 is 0 Å². The fraction of sp³-hybridized carbons (Fsp3) is 0.556. The standard InChI is InChI=1S/C18H23N5O3/c1-18(17(25)21-9-11-26-12-10-21)7-4-8-22(18)16(24)13-23-15-6-3-2-5-14(15)19-20-23/h2-3,5-6H,4,7-13H2,1H3/t18-/m0/s1. The third kappa shape index (κ3) is 2.84.